The maximum absolute atomic E-state index is 5.88. The fraction of sp³-hybridized carbons (Fsp3) is 0.533. The molecule has 1 saturated heterocycles. The van der Waals surface area contributed by atoms with Crippen LogP contribution >= 0.6 is 0 Å². The van der Waals surface area contributed by atoms with E-state index in [1.54, 1.807) is 0 Å². The van der Waals surface area contributed by atoms with Crippen molar-refractivity contribution in [1.29, 1.82) is 0 Å². The van der Waals surface area contributed by atoms with Crippen LogP contribution in [0.2, 0.25) is 0 Å². The van der Waals surface area contributed by atoms with Crippen LogP contribution in [0.5, 0.6) is 0 Å². The van der Waals surface area contributed by atoms with E-state index in [1.807, 2.05) is 18.2 Å². The summed E-state index contributed by atoms with van der Waals surface area (Å²) in [5.41, 5.74) is 8.01. The molecule has 1 fully saturated rings. The zero-order valence-corrected chi connectivity index (χ0v) is 11.9. The van der Waals surface area contributed by atoms with Gasteiger partial charge in [-0.1, -0.05) is 13.0 Å². The number of benzene rings is 1. The lowest BCUT2D eigenvalue weighted by atomic mass is 10.1. The van der Waals surface area contributed by atoms with E-state index in [0.717, 1.165) is 24.2 Å². The molecule has 1 aromatic heterocycles. The van der Waals surface area contributed by atoms with Crippen LogP contribution in [0.3, 0.4) is 0 Å². The fourth-order valence-electron chi connectivity index (χ4n) is 2.78. The van der Waals surface area contributed by atoms with Crippen molar-refractivity contribution in [2.45, 2.75) is 19.8 Å². The molecule has 2 heterocycles. The number of oxazole rings is 1. The maximum Gasteiger partial charge on any atom is 0.295 e. The Morgan fingerprint density at radius 3 is 2.95 bits per heavy atom. The average molecular weight is 274 g/mol. The smallest absolute Gasteiger partial charge is 0.295 e. The zero-order valence-electron chi connectivity index (χ0n) is 11.9. The first-order valence-corrected chi connectivity index (χ1v) is 7.33. The first-order valence-electron chi connectivity index (χ1n) is 7.33. The van der Waals surface area contributed by atoms with Crippen molar-refractivity contribution < 1.29 is 4.42 Å². The number of nitrogens with zero attached hydrogens (tertiary/aromatic N) is 2. The number of rotatable bonds is 5. The molecule has 2 aromatic rings. The highest BCUT2D eigenvalue weighted by molar-refractivity contribution is 5.86. The van der Waals surface area contributed by atoms with Crippen LogP contribution in [0, 0.1) is 5.92 Å². The van der Waals surface area contributed by atoms with E-state index in [4.69, 9.17) is 10.2 Å². The standard InChI is InChI=1S/C15H22N4O/c1-11(10-19-7-2-3-8-19)9-17-15-18-14-12(16)5-4-6-13(14)20-15/h4-6,11H,2-3,7-10,16H2,1H3,(H,17,18). The Balaban J connectivity index is 1.57. The summed E-state index contributed by atoms with van der Waals surface area (Å²) in [6, 6.07) is 6.16. The van der Waals surface area contributed by atoms with Gasteiger partial charge in [-0.05, 0) is 44.0 Å². The van der Waals surface area contributed by atoms with Gasteiger partial charge in [0.2, 0.25) is 0 Å². The van der Waals surface area contributed by atoms with Crippen molar-refractivity contribution in [1.82, 2.24) is 9.88 Å². The number of likely N-dealkylation sites (tertiary alicyclic amines) is 1. The van der Waals surface area contributed by atoms with Crippen molar-refractivity contribution in [3.05, 3.63) is 18.2 Å². The highest BCUT2D eigenvalue weighted by Gasteiger charge is 2.15. The molecule has 1 atom stereocenters. The number of nitrogen functional groups attached to an aromatic ring is 1. The lowest BCUT2D eigenvalue weighted by Crippen LogP contribution is -2.28. The van der Waals surface area contributed by atoms with Crippen molar-refractivity contribution in [2.24, 2.45) is 5.92 Å². The molecule has 1 aliphatic heterocycles. The van der Waals surface area contributed by atoms with E-state index in [2.05, 4.69) is 22.1 Å². The van der Waals surface area contributed by atoms with Crippen LogP contribution in [0.25, 0.3) is 11.1 Å². The molecule has 3 rings (SSSR count). The molecule has 20 heavy (non-hydrogen) atoms. The number of anilines is 2. The minimum atomic E-state index is 0.561. The fourth-order valence-corrected chi connectivity index (χ4v) is 2.78. The number of hydrogen-bond acceptors (Lipinski definition) is 5. The lowest BCUT2D eigenvalue weighted by Gasteiger charge is -2.19. The molecule has 1 aliphatic rings. The van der Waals surface area contributed by atoms with Gasteiger partial charge in [0.15, 0.2) is 5.58 Å². The van der Waals surface area contributed by atoms with Crippen LogP contribution in [0.1, 0.15) is 19.8 Å². The SMILES string of the molecule is CC(CNc1nc2c(N)cccc2o1)CN1CCCC1. The summed E-state index contributed by atoms with van der Waals surface area (Å²) in [5, 5.41) is 3.28. The molecule has 0 spiro atoms. The first-order chi connectivity index (χ1) is 9.72. The Hall–Kier alpha value is -1.75. The van der Waals surface area contributed by atoms with Gasteiger partial charge in [0.05, 0.1) is 5.69 Å². The van der Waals surface area contributed by atoms with E-state index < -0.39 is 0 Å². The zero-order chi connectivity index (χ0) is 13.9. The van der Waals surface area contributed by atoms with Crippen LogP contribution < -0.4 is 11.1 Å². The van der Waals surface area contributed by atoms with Crippen molar-refractivity contribution in [2.75, 3.05) is 37.2 Å². The van der Waals surface area contributed by atoms with E-state index in [1.165, 1.54) is 25.9 Å². The Morgan fingerprint density at radius 2 is 2.20 bits per heavy atom. The molecule has 0 bridgehead atoms. The predicted octanol–water partition coefficient (Wildman–Crippen LogP) is 2.55. The first kappa shape index (κ1) is 13.2. The number of hydrogen-bond donors (Lipinski definition) is 2. The quantitative estimate of drug-likeness (QED) is 0.820. The van der Waals surface area contributed by atoms with Gasteiger partial charge in [-0.25, -0.2) is 0 Å². The highest BCUT2D eigenvalue weighted by atomic mass is 16.4. The minimum absolute atomic E-state index is 0.561. The predicted molar refractivity (Wildman–Crippen MR) is 81.7 cm³/mol. The molecule has 3 N–H and O–H groups in total. The summed E-state index contributed by atoms with van der Waals surface area (Å²) in [4.78, 5) is 6.92. The molecular formula is C15H22N4O. The summed E-state index contributed by atoms with van der Waals surface area (Å²) < 4.78 is 5.65. The summed E-state index contributed by atoms with van der Waals surface area (Å²) in [5.74, 6) is 0.570. The van der Waals surface area contributed by atoms with Gasteiger partial charge in [-0.2, -0.15) is 4.98 Å². The van der Waals surface area contributed by atoms with Crippen molar-refractivity contribution >= 4 is 22.8 Å². The number of para-hydroxylation sites is 1. The van der Waals surface area contributed by atoms with E-state index in [0.29, 0.717) is 17.6 Å². The van der Waals surface area contributed by atoms with Crippen LogP contribution in [-0.4, -0.2) is 36.1 Å². The van der Waals surface area contributed by atoms with Gasteiger partial charge < -0.3 is 20.4 Å². The number of aromatic nitrogens is 1. The molecule has 0 amide bonds. The molecule has 0 aliphatic carbocycles. The van der Waals surface area contributed by atoms with Gasteiger partial charge in [0.25, 0.3) is 6.01 Å². The molecule has 0 saturated carbocycles. The molecular weight excluding hydrogens is 252 g/mol. The Morgan fingerprint density at radius 1 is 1.40 bits per heavy atom. The monoisotopic (exact) mass is 274 g/mol. The van der Waals surface area contributed by atoms with Gasteiger partial charge in [-0.15, -0.1) is 0 Å². The Labute approximate surface area is 119 Å². The lowest BCUT2D eigenvalue weighted by molar-refractivity contribution is 0.293. The second-order valence-corrected chi connectivity index (χ2v) is 5.71. The van der Waals surface area contributed by atoms with Gasteiger partial charge >= 0.3 is 0 Å². The van der Waals surface area contributed by atoms with Gasteiger partial charge in [0, 0.05) is 13.1 Å². The minimum Gasteiger partial charge on any atom is -0.423 e. The molecule has 108 valence electrons. The average Bonchev–Trinajstić information content (AvgIpc) is 3.06. The van der Waals surface area contributed by atoms with E-state index >= 15 is 0 Å². The largest absolute Gasteiger partial charge is 0.423 e. The second-order valence-electron chi connectivity index (χ2n) is 5.71. The molecule has 1 unspecified atom stereocenters. The summed E-state index contributed by atoms with van der Waals surface area (Å²) >= 11 is 0. The van der Waals surface area contributed by atoms with E-state index in [-0.39, 0.29) is 0 Å². The van der Waals surface area contributed by atoms with Crippen molar-refractivity contribution in [3.8, 4) is 0 Å². The third-order valence-corrected chi connectivity index (χ3v) is 3.82. The van der Waals surface area contributed by atoms with E-state index in [9.17, 15) is 0 Å². The Bertz CT molecular complexity index is 574. The summed E-state index contributed by atoms with van der Waals surface area (Å²) in [6.07, 6.45) is 2.68. The molecule has 5 heteroatoms. The van der Waals surface area contributed by atoms with Gasteiger partial charge in [-0.3, -0.25) is 0 Å². The molecule has 5 nitrogen and oxygen atoms in total. The van der Waals surface area contributed by atoms with Crippen molar-refractivity contribution in [3.63, 3.8) is 0 Å². The Kier molecular flexibility index (Phi) is 3.78. The summed E-state index contributed by atoms with van der Waals surface area (Å²) in [6.45, 7) is 6.73. The number of fused-ring (bicyclic) bond motifs is 1. The topological polar surface area (TPSA) is 67.3 Å². The highest BCUT2D eigenvalue weighted by Crippen LogP contribution is 2.23. The summed E-state index contributed by atoms with van der Waals surface area (Å²) in [7, 11) is 0. The molecule has 1 aromatic carbocycles. The van der Waals surface area contributed by atoms with Crippen LogP contribution in [0.15, 0.2) is 22.6 Å². The maximum atomic E-state index is 5.88. The van der Waals surface area contributed by atoms with Gasteiger partial charge in [0.1, 0.15) is 5.52 Å². The third-order valence-electron chi connectivity index (χ3n) is 3.82. The van der Waals surface area contributed by atoms with Crippen LogP contribution in [-0.2, 0) is 0 Å². The third kappa shape index (κ3) is 2.88. The normalized spacial score (nSPS) is 17.6. The van der Waals surface area contributed by atoms with Crippen LogP contribution in [0.4, 0.5) is 11.7 Å². The number of nitrogens with one attached hydrogen (secondary N) is 1. The number of nitrogens with two attached hydrogens (primary N) is 1. The molecule has 0 radical (unpaired) electrons. The second kappa shape index (κ2) is 5.71.